The van der Waals surface area contributed by atoms with E-state index in [4.69, 9.17) is 17.2 Å². The van der Waals surface area contributed by atoms with Crippen molar-refractivity contribution >= 4 is 87.7 Å². The first-order valence-corrected chi connectivity index (χ1v) is 38.2. The monoisotopic (exact) mass is 1510 g/mol. The van der Waals surface area contributed by atoms with Gasteiger partial charge in [0.05, 0.1) is 19.5 Å². The molecule has 4 heterocycles. The lowest BCUT2D eigenvalue weighted by Gasteiger charge is -2.30. The van der Waals surface area contributed by atoms with Crippen LogP contribution in [0.5, 0.6) is 5.75 Å². The highest BCUT2D eigenvalue weighted by molar-refractivity contribution is 5.99. The van der Waals surface area contributed by atoms with Crippen LogP contribution in [-0.2, 0) is 76.8 Å². The highest BCUT2D eigenvalue weighted by atomic mass is 16.3. The molecule has 0 aliphatic carbocycles. The summed E-state index contributed by atoms with van der Waals surface area (Å²) in [4.78, 5) is 181. The minimum Gasteiger partial charge on any atom is -0.508 e. The zero-order valence-corrected chi connectivity index (χ0v) is 63.0. The molecule has 20 N–H and O–H groups in total. The number of nitrogens with zero attached hydrogens (tertiary/aromatic N) is 3. The van der Waals surface area contributed by atoms with E-state index in [9.17, 15) is 67.7 Å². The Labute approximate surface area is 636 Å². The summed E-state index contributed by atoms with van der Waals surface area (Å²) >= 11 is 0. The second-order valence-electron chi connectivity index (χ2n) is 28.3. The molecule has 0 spiro atoms. The number of guanidine groups is 1. The number of carbonyl (C=O) groups is 12. The maximum Gasteiger partial charge on any atom is 0.245 e. The number of imidazole rings is 1. The normalized spacial score (nSPS) is 16.1. The largest absolute Gasteiger partial charge is 0.508 e. The van der Waals surface area contributed by atoms with Gasteiger partial charge < -0.3 is 95.4 Å². The molecule has 32 nitrogen and oxygen atoms in total. The van der Waals surface area contributed by atoms with E-state index in [1.165, 1.54) is 48.8 Å². The van der Waals surface area contributed by atoms with Gasteiger partial charge in [-0.1, -0.05) is 108 Å². The number of likely N-dealkylation sites (tertiary alicyclic amines) is 1. The highest BCUT2D eigenvalue weighted by Gasteiger charge is 2.40. The number of hydrogen-bond donors (Lipinski definition) is 17. The maximum atomic E-state index is 14.7. The maximum absolute atomic E-state index is 14.7. The van der Waals surface area contributed by atoms with E-state index in [1.807, 2.05) is 32.0 Å². The molecule has 0 saturated carbocycles. The summed E-state index contributed by atoms with van der Waals surface area (Å²) in [6.45, 7) is 4.71. The molecule has 4 aromatic rings. The topological polar surface area (TPSA) is 504 Å². The Morgan fingerprint density at radius 3 is 1.94 bits per heavy atom. The zero-order chi connectivity index (χ0) is 79.0. The van der Waals surface area contributed by atoms with Crippen LogP contribution in [0.3, 0.4) is 0 Å². The number of H-pyrrole nitrogens is 2. The van der Waals surface area contributed by atoms with Gasteiger partial charge in [0, 0.05) is 80.7 Å². The molecule has 596 valence electrons. The number of hydrogen-bond acceptors (Lipinski definition) is 16. The van der Waals surface area contributed by atoms with E-state index >= 15 is 0 Å². The van der Waals surface area contributed by atoms with Crippen LogP contribution in [0.25, 0.3) is 10.9 Å². The summed E-state index contributed by atoms with van der Waals surface area (Å²) in [6, 6.07) is 1.78. The smallest absolute Gasteiger partial charge is 0.245 e. The number of unbranched alkanes of at least 4 members (excludes halogenated alkanes) is 9. The Morgan fingerprint density at radius 1 is 0.642 bits per heavy atom. The third-order valence-corrected chi connectivity index (χ3v) is 18.9. The van der Waals surface area contributed by atoms with Gasteiger partial charge in [0.15, 0.2) is 5.96 Å². The number of nitrogens with two attached hydrogens (primary N) is 3. The van der Waals surface area contributed by atoms with Gasteiger partial charge >= 0.3 is 0 Å². The van der Waals surface area contributed by atoms with Gasteiger partial charge in [0.2, 0.25) is 70.9 Å². The number of carbonyl (C=O) groups excluding carboxylic acids is 12. The van der Waals surface area contributed by atoms with Crippen molar-refractivity contribution in [3.63, 3.8) is 0 Å². The number of nitrogens with one attached hydrogen (secondary N) is 12. The molecule has 2 aromatic carbocycles. The Bertz CT molecular complexity index is 3710. The van der Waals surface area contributed by atoms with E-state index in [0.29, 0.717) is 29.7 Å². The highest BCUT2D eigenvalue weighted by Crippen LogP contribution is 2.23. The van der Waals surface area contributed by atoms with E-state index in [0.717, 1.165) is 55.8 Å². The second-order valence-corrected chi connectivity index (χ2v) is 28.3. The van der Waals surface area contributed by atoms with Gasteiger partial charge in [-0.05, 0) is 132 Å². The van der Waals surface area contributed by atoms with Gasteiger partial charge in [0.1, 0.15) is 60.1 Å². The quantitative estimate of drug-likeness (QED) is 0.0130. The molecular formula is C77H114N18O14. The van der Waals surface area contributed by atoms with Gasteiger partial charge in [-0.15, -0.1) is 0 Å². The van der Waals surface area contributed by atoms with Gasteiger partial charge in [-0.3, -0.25) is 62.5 Å². The lowest BCUT2D eigenvalue weighted by Crippen LogP contribution is -2.60. The van der Waals surface area contributed by atoms with Crippen LogP contribution in [0.2, 0.25) is 0 Å². The third-order valence-electron chi connectivity index (χ3n) is 18.9. The SMILES string of the molecule is CCCCC/C=C/C/C=C/CCCCCCCC(=O)N[C@H](CCCCNC(=O)[C@H](Cc1ccc(O)cc1)NC(=O)[C@H](CO)NC(=O)[C@H](Cc1c[nH]c2ccccc12)NC(=O)[C@H](Cc1cnc[nH]1)NC(=O)[C@@H]1CCC(=O)N1)C(=O)N[C@@H](CC(C)C)C(=O)N[C@@H](CCCN=C(N)N)C(=O)N1CCC[C@H]1C(=O)NCC(N)=O. The number of aliphatic hydroxyl groups excluding tert-OH is 1. The lowest BCUT2D eigenvalue weighted by molar-refractivity contribution is -0.142. The number of fused-ring (bicyclic) bond motifs is 1. The van der Waals surface area contributed by atoms with Crippen LogP contribution in [0.1, 0.15) is 179 Å². The number of aliphatic hydroxyl groups is 1. The minimum atomic E-state index is -1.71. The molecule has 0 bridgehead atoms. The molecule has 2 fully saturated rings. The average Bonchev–Trinajstić information content (AvgIpc) is 1.82. The first-order valence-electron chi connectivity index (χ1n) is 38.2. The first kappa shape index (κ1) is 87.3. The van der Waals surface area contributed by atoms with Crippen LogP contribution < -0.4 is 70.4 Å². The Morgan fingerprint density at radius 2 is 1.28 bits per heavy atom. The fraction of sp³-hybridized carbons (Fsp3) is 0.558. The van der Waals surface area contributed by atoms with Crippen molar-refractivity contribution in [3.05, 3.63) is 108 Å². The minimum absolute atomic E-state index is 0.0246. The molecule has 2 aliphatic rings. The van der Waals surface area contributed by atoms with Crippen LogP contribution >= 0.6 is 0 Å². The number of amides is 12. The zero-order valence-electron chi connectivity index (χ0n) is 63.0. The number of primary amides is 1. The molecule has 2 aromatic heterocycles. The Balaban J connectivity index is 1.15. The van der Waals surface area contributed by atoms with Crippen LogP contribution in [0, 0.1) is 5.92 Å². The van der Waals surface area contributed by atoms with E-state index in [2.05, 4.69) is 104 Å². The van der Waals surface area contributed by atoms with Crippen molar-refractivity contribution in [2.45, 2.75) is 236 Å². The van der Waals surface area contributed by atoms with Crippen molar-refractivity contribution in [1.29, 1.82) is 0 Å². The van der Waals surface area contributed by atoms with E-state index in [1.54, 1.807) is 24.4 Å². The predicted molar refractivity (Wildman–Crippen MR) is 410 cm³/mol. The number of phenols is 1. The van der Waals surface area contributed by atoms with Crippen LogP contribution in [0.4, 0.5) is 0 Å². The number of benzene rings is 2. The Kier molecular flexibility index (Phi) is 37.8. The predicted octanol–water partition coefficient (Wildman–Crippen LogP) is 2.08. The summed E-state index contributed by atoms with van der Waals surface area (Å²) in [6.07, 6.45) is 25.7. The van der Waals surface area contributed by atoms with Crippen molar-refractivity contribution in [1.82, 2.24) is 73.0 Å². The number of allylic oxidation sites excluding steroid dienone is 4. The summed E-state index contributed by atoms with van der Waals surface area (Å²) in [7, 11) is 0. The lowest BCUT2D eigenvalue weighted by atomic mass is 10.0. The molecule has 32 heteroatoms. The van der Waals surface area contributed by atoms with Crippen LogP contribution in [0.15, 0.2) is 96.5 Å². The fourth-order valence-corrected chi connectivity index (χ4v) is 13.0. The van der Waals surface area contributed by atoms with Crippen LogP contribution in [-0.4, -0.2) is 194 Å². The van der Waals surface area contributed by atoms with Crippen molar-refractivity contribution in [3.8, 4) is 5.75 Å². The standard InChI is InChI=1S/C77H114N18O14/c1-4-5-6-7-8-9-10-11-12-13-14-15-16-17-18-30-66(99)87-56(69(102)90-59(40-49(2)3)71(104)89-58(28-23-38-83-77(79)80)76(109)95-39-24-29-64(95)75(108)85-46-65(78)98)27-21-22-37-82-68(101)60(41-50-31-33-53(97)34-32-50)91-74(107)63(47-96)94-72(105)61(42-51-44-84-55-26-20-19-25-54(51)55)92-73(106)62(43-52-45-81-48-86-52)93-70(103)57-35-36-67(100)88-57/h8-9,11-12,19-20,25-26,31-34,44-45,48-49,56-64,84,96-97H,4-7,10,13-18,21-24,27-30,35-43,46-47H2,1-3H3,(H2,78,98)(H,81,86)(H,82,101)(H,85,108)(H,87,99)(H,88,100)(H,89,104)(H,90,102)(H,91,107)(H,92,106)(H,93,103)(H,94,105)(H4,79,80,83)/b9-8+,12-11+/t56-,57+,58+,59+,60+,61+,62+,63+,64+/m1/s1. The molecule has 2 saturated heterocycles. The fourth-order valence-electron chi connectivity index (χ4n) is 13.0. The number of aromatic hydroxyl groups is 1. The summed E-state index contributed by atoms with van der Waals surface area (Å²) < 4.78 is 0. The molecule has 0 radical (unpaired) electrons. The van der Waals surface area contributed by atoms with Gasteiger partial charge in [0.25, 0.3) is 0 Å². The number of rotatable bonds is 50. The number of phenolic OH excluding ortho intramolecular Hbond substituents is 1. The molecule has 0 unspecified atom stereocenters. The molecule has 2 aliphatic heterocycles. The molecule has 12 amide bonds. The molecule has 9 atom stereocenters. The van der Waals surface area contributed by atoms with Crippen molar-refractivity contribution < 1.29 is 67.7 Å². The first-order chi connectivity index (χ1) is 52.4. The Hall–Kier alpha value is -10.7. The second kappa shape index (κ2) is 47.2. The third kappa shape index (κ3) is 31.2. The van der Waals surface area contributed by atoms with E-state index in [-0.39, 0.29) is 127 Å². The summed E-state index contributed by atoms with van der Waals surface area (Å²) in [5.74, 6) is -8.54. The van der Waals surface area contributed by atoms with E-state index < -0.39 is 133 Å². The van der Waals surface area contributed by atoms with Gasteiger partial charge in [-0.2, -0.15) is 0 Å². The average molecular weight is 1520 g/mol. The molecule has 109 heavy (non-hydrogen) atoms. The van der Waals surface area contributed by atoms with Gasteiger partial charge in [-0.25, -0.2) is 4.98 Å². The summed E-state index contributed by atoms with van der Waals surface area (Å²) in [5, 5.41) is 48.7. The number of aromatic amines is 2. The number of aromatic nitrogens is 3. The number of aliphatic imine (C=N–C) groups is 1. The molecule has 6 rings (SSSR count). The van der Waals surface area contributed by atoms with Crippen molar-refractivity contribution in [2.24, 2.45) is 28.1 Å². The molecular weight excluding hydrogens is 1400 g/mol. The summed E-state index contributed by atoms with van der Waals surface area (Å²) in [5.41, 5.74) is 18.7. The van der Waals surface area contributed by atoms with Crippen molar-refractivity contribution in [2.75, 3.05) is 32.8 Å². The number of para-hydroxylation sites is 1.